The Balaban J connectivity index is 2.04. The van der Waals surface area contributed by atoms with Crippen molar-refractivity contribution < 1.29 is 14.7 Å². The van der Waals surface area contributed by atoms with E-state index in [1.54, 1.807) is 4.90 Å². The van der Waals surface area contributed by atoms with Crippen molar-refractivity contribution in [3.63, 3.8) is 0 Å². The Hall–Kier alpha value is -1.10. The number of carboxylic acid groups (broad SMARTS) is 1. The maximum atomic E-state index is 12.6. The predicted octanol–water partition coefficient (Wildman–Crippen LogP) is 0.984. The summed E-state index contributed by atoms with van der Waals surface area (Å²) in [6.45, 7) is 3.53. The highest BCUT2D eigenvalue weighted by atomic mass is 16.4. The van der Waals surface area contributed by atoms with E-state index in [9.17, 15) is 9.59 Å². The van der Waals surface area contributed by atoms with Crippen LogP contribution in [0.3, 0.4) is 0 Å². The molecule has 5 nitrogen and oxygen atoms in total. The largest absolute Gasteiger partial charge is 0.481 e. The first-order valence-corrected chi connectivity index (χ1v) is 6.81. The van der Waals surface area contributed by atoms with Gasteiger partial charge in [-0.1, -0.05) is 0 Å². The number of amides is 1. The van der Waals surface area contributed by atoms with Crippen LogP contribution in [0.4, 0.5) is 0 Å². The number of piperidine rings is 1. The second-order valence-corrected chi connectivity index (χ2v) is 5.61. The van der Waals surface area contributed by atoms with Crippen LogP contribution < -0.4 is 5.32 Å². The van der Waals surface area contributed by atoms with E-state index >= 15 is 0 Å². The number of carbonyl (C=O) groups is 2. The Morgan fingerprint density at radius 2 is 2.17 bits per heavy atom. The fourth-order valence-corrected chi connectivity index (χ4v) is 3.07. The number of hydrogen-bond donors (Lipinski definition) is 2. The van der Waals surface area contributed by atoms with E-state index in [2.05, 4.69) is 5.32 Å². The molecule has 0 aromatic rings. The van der Waals surface area contributed by atoms with Crippen molar-refractivity contribution in [2.75, 3.05) is 13.1 Å². The molecular formula is C13H22N2O3. The van der Waals surface area contributed by atoms with Crippen LogP contribution in [0.1, 0.15) is 45.4 Å². The molecule has 102 valence electrons. The number of nitrogens with zero attached hydrogens (tertiary/aromatic N) is 1. The van der Waals surface area contributed by atoms with Crippen molar-refractivity contribution in [1.82, 2.24) is 10.2 Å². The molecule has 0 aromatic carbocycles. The Labute approximate surface area is 108 Å². The van der Waals surface area contributed by atoms with Gasteiger partial charge in [-0.05, 0) is 45.6 Å². The van der Waals surface area contributed by atoms with Crippen molar-refractivity contribution in [1.29, 1.82) is 0 Å². The Morgan fingerprint density at radius 3 is 2.78 bits per heavy atom. The number of rotatable bonds is 3. The molecule has 5 heteroatoms. The topological polar surface area (TPSA) is 69.6 Å². The molecule has 2 aliphatic rings. The van der Waals surface area contributed by atoms with Crippen molar-refractivity contribution in [2.45, 2.75) is 57.0 Å². The van der Waals surface area contributed by atoms with E-state index < -0.39 is 11.5 Å². The van der Waals surface area contributed by atoms with Crippen LogP contribution in [-0.4, -0.2) is 46.6 Å². The lowest BCUT2D eigenvalue weighted by atomic mass is 9.89. The highest BCUT2D eigenvalue weighted by molar-refractivity contribution is 5.87. The first kappa shape index (κ1) is 13.3. The minimum absolute atomic E-state index is 0.0713. The Kier molecular flexibility index (Phi) is 3.90. The van der Waals surface area contributed by atoms with Gasteiger partial charge in [0.2, 0.25) is 5.91 Å². The van der Waals surface area contributed by atoms with E-state index in [1.807, 2.05) is 6.92 Å². The van der Waals surface area contributed by atoms with Crippen LogP contribution in [0.25, 0.3) is 0 Å². The molecule has 2 heterocycles. The molecule has 2 saturated heterocycles. The summed E-state index contributed by atoms with van der Waals surface area (Å²) in [5, 5.41) is 12.2. The van der Waals surface area contributed by atoms with E-state index in [0.29, 0.717) is 6.54 Å². The number of carboxylic acids is 1. The molecule has 2 unspecified atom stereocenters. The molecule has 0 aliphatic carbocycles. The first-order valence-electron chi connectivity index (χ1n) is 6.81. The standard InChI is InChI=1S/C13H22N2O3/c1-13(6-2-3-7-14-13)12(18)15-8-4-5-10(15)9-11(16)17/h10,14H,2-9H2,1H3,(H,16,17). The van der Waals surface area contributed by atoms with Crippen molar-refractivity contribution in [2.24, 2.45) is 0 Å². The van der Waals surface area contributed by atoms with Gasteiger partial charge < -0.3 is 15.3 Å². The van der Waals surface area contributed by atoms with Gasteiger partial charge in [0.05, 0.1) is 12.0 Å². The average Bonchev–Trinajstić information content (AvgIpc) is 2.76. The number of aliphatic carboxylic acids is 1. The van der Waals surface area contributed by atoms with Gasteiger partial charge in [-0.25, -0.2) is 0 Å². The monoisotopic (exact) mass is 254 g/mol. The summed E-state index contributed by atoms with van der Waals surface area (Å²) in [4.78, 5) is 25.2. The fraction of sp³-hybridized carbons (Fsp3) is 0.846. The van der Waals surface area contributed by atoms with Gasteiger partial charge in [0, 0.05) is 12.6 Å². The van der Waals surface area contributed by atoms with Gasteiger partial charge in [-0.15, -0.1) is 0 Å². The van der Waals surface area contributed by atoms with Crippen LogP contribution in [0.15, 0.2) is 0 Å². The molecular weight excluding hydrogens is 232 g/mol. The summed E-state index contributed by atoms with van der Waals surface area (Å²) < 4.78 is 0. The highest BCUT2D eigenvalue weighted by Gasteiger charge is 2.41. The SMILES string of the molecule is CC1(C(=O)N2CCCC2CC(=O)O)CCCCN1. The van der Waals surface area contributed by atoms with Gasteiger partial charge in [0.1, 0.15) is 0 Å². The number of nitrogens with one attached hydrogen (secondary N) is 1. The number of hydrogen-bond acceptors (Lipinski definition) is 3. The summed E-state index contributed by atoms with van der Waals surface area (Å²) in [6, 6.07) is -0.115. The molecule has 0 radical (unpaired) electrons. The highest BCUT2D eigenvalue weighted by Crippen LogP contribution is 2.27. The first-order chi connectivity index (χ1) is 8.53. The third-order valence-corrected chi connectivity index (χ3v) is 4.14. The maximum absolute atomic E-state index is 12.6. The lowest BCUT2D eigenvalue weighted by Gasteiger charge is -2.38. The molecule has 2 fully saturated rings. The normalized spacial score (nSPS) is 32.5. The smallest absolute Gasteiger partial charge is 0.305 e. The summed E-state index contributed by atoms with van der Waals surface area (Å²) in [7, 11) is 0. The van der Waals surface area contributed by atoms with E-state index in [0.717, 1.165) is 38.6 Å². The van der Waals surface area contributed by atoms with Crippen LogP contribution in [0.5, 0.6) is 0 Å². The predicted molar refractivity (Wildman–Crippen MR) is 67.2 cm³/mol. The van der Waals surface area contributed by atoms with Gasteiger partial charge in [-0.3, -0.25) is 9.59 Å². The summed E-state index contributed by atoms with van der Waals surface area (Å²) in [6.07, 6.45) is 4.83. The van der Waals surface area contributed by atoms with E-state index in [-0.39, 0.29) is 18.4 Å². The minimum atomic E-state index is -0.818. The fourth-order valence-electron chi connectivity index (χ4n) is 3.07. The maximum Gasteiger partial charge on any atom is 0.305 e. The zero-order valence-corrected chi connectivity index (χ0v) is 10.9. The number of likely N-dealkylation sites (tertiary alicyclic amines) is 1. The van der Waals surface area contributed by atoms with Crippen molar-refractivity contribution in [3.8, 4) is 0 Å². The van der Waals surface area contributed by atoms with Gasteiger partial charge in [-0.2, -0.15) is 0 Å². The second kappa shape index (κ2) is 5.26. The third-order valence-electron chi connectivity index (χ3n) is 4.14. The van der Waals surface area contributed by atoms with Crippen molar-refractivity contribution >= 4 is 11.9 Å². The van der Waals surface area contributed by atoms with E-state index in [4.69, 9.17) is 5.11 Å². The van der Waals surface area contributed by atoms with Crippen molar-refractivity contribution in [3.05, 3.63) is 0 Å². The molecule has 0 spiro atoms. The lowest BCUT2D eigenvalue weighted by Crippen LogP contribution is -2.59. The molecule has 0 aromatic heterocycles. The lowest BCUT2D eigenvalue weighted by molar-refractivity contribution is -0.143. The van der Waals surface area contributed by atoms with Crippen LogP contribution in [0.2, 0.25) is 0 Å². The van der Waals surface area contributed by atoms with Gasteiger partial charge in [0.25, 0.3) is 0 Å². The molecule has 2 atom stereocenters. The molecule has 0 saturated carbocycles. The summed E-state index contributed by atoms with van der Waals surface area (Å²) >= 11 is 0. The Morgan fingerprint density at radius 1 is 1.39 bits per heavy atom. The molecule has 18 heavy (non-hydrogen) atoms. The van der Waals surface area contributed by atoms with Crippen LogP contribution in [-0.2, 0) is 9.59 Å². The molecule has 2 N–H and O–H groups in total. The summed E-state index contributed by atoms with van der Waals surface area (Å²) in [5.41, 5.74) is -0.487. The second-order valence-electron chi connectivity index (χ2n) is 5.61. The molecule has 2 aliphatic heterocycles. The average molecular weight is 254 g/mol. The van der Waals surface area contributed by atoms with Crippen LogP contribution in [0, 0.1) is 0 Å². The molecule has 0 bridgehead atoms. The zero-order chi connectivity index (χ0) is 13.2. The van der Waals surface area contributed by atoms with E-state index in [1.165, 1.54) is 0 Å². The molecule has 1 amide bonds. The zero-order valence-electron chi connectivity index (χ0n) is 10.9. The van der Waals surface area contributed by atoms with Gasteiger partial charge in [0.15, 0.2) is 0 Å². The third kappa shape index (κ3) is 2.66. The molecule has 2 rings (SSSR count). The van der Waals surface area contributed by atoms with Crippen LogP contribution >= 0.6 is 0 Å². The minimum Gasteiger partial charge on any atom is -0.481 e. The Bertz CT molecular complexity index is 337. The quantitative estimate of drug-likeness (QED) is 0.788. The number of carbonyl (C=O) groups excluding carboxylic acids is 1. The summed E-state index contributed by atoms with van der Waals surface area (Å²) in [5.74, 6) is -0.729. The van der Waals surface area contributed by atoms with Gasteiger partial charge >= 0.3 is 5.97 Å².